The van der Waals surface area contributed by atoms with E-state index in [1.165, 1.54) is 9.75 Å². The topological polar surface area (TPSA) is 12.0 Å². The van der Waals surface area contributed by atoms with E-state index in [-0.39, 0.29) is 5.41 Å². The van der Waals surface area contributed by atoms with E-state index in [9.17, 15) is 0 Å². The third kappa shape index (κ3) is 4.40. The first-order valence-electron chi connectivity index (χ1n) is 6.93. The molecule has 0 amide bonds. The van der Waals surface area contributed by atoms with E-state index in [4.69, 9.17) is 0 Å². The zero-order valence-electron chi connectivity index (χ0n) is 13.1. The lowest BCUT2D eigenvalue weighted by atomic mass is 9.81. The molecular weight excluding hydrogens is 238 g/mol. The molecule has 0 aromatic carbocycles. The summed E-state index contributed by atoms with van der Waals surface area (Å²) >= 11 is 1.94. The average molecular weight is 267 g/mol. The molecule has 0 atom stereocenters. The fraction of sp³-hybridized carbons (Fsp3) is 0.750. The molecule has 0 aliphatic carbocycles. The monoisotopic (exact) mass is 267 g/mol. The van der Waals surface area contributed by atoms with Gasteiger partial charge in [0.2, 0.25) is 0 Å². The smallest absolute Gasteiger partial charge is 0.0300 e. The van der Waals surface area contributed by atoms with Crippen molar-refractivity contribution in [1.29, 1.82) is 0 Å². The first-order chi connectivity index (χ1) is 8.13. The number of rotatable bonds is 5. The summed E-state index contributed by atoms with van der Waals surface area (Å²) in [5, 5.41) is 3.60. The number of thiophene rings is 1. The van der Waals surface area contributed by atoms with Gasteiger partial charge in [0.15, 0.2) is 0 Å². The van der Waals surface area contributed by atoms with Crippen molar-refractivity contribution in [2.75, 3.05) is 6.54 Å². The van der Waals surface area contributed by atoms with Crippen molar-refractivity contribution in [2.24, 2.45) is 11.3 Å². The molecule has 1 rings (SSSR count). The van der Waals surface area contributed by atoms with Crippen molar-refractivity contribution in [3.63, 3.8) is 0 Å². The molecule has 0 saturated carbocycles. The zero-order valence-corrected chi connectivity index (χ0v) is 13.9. The lowest BCUT2D eigenvalue weighted by molar-refractivity contribution is 0.238. The maximum Gasteiger partial charge on any atom is 0.0300 e. The highest BCUT2D eigenvalue weighted by Crippen LogP contribution is 2.30. The SMILES string of the molecule is CC(C)C(C)(C)CNCc1ccc(C(C)(C)C)s1. The van der Waals surface area contributed by atoms with Crippen LogP contribution in [0.5, 0.6) is 0 Å². The first-order valence-corrected chi connectivity index (χ1v) is 7.74. The molecule has 1 N–H and O–H groups in total. The summed E-state index contributed by atoms with van der Waals surface area (Å²) < 4.78 is 0. The van der Waals surface area contributed by atoms with Crippen molar-refractivity contribution in [2.45, 2.75) is 60.4 Å². The Morgan fingerprint density at radius 1 is 1.11 bits per heavy atom. The number of hydrogen-bond donors (Lipinski definition) is 1. The van der Waals surface area contributed by atoms with Crippen molar-refractivity contribution < 1.29 is 0 Å². The molecule has 18 heavy (non-hydrogen) atoms. The molecular formula is C16H29NS. The lowest BCUT2D eigenvalue weighted by Crippen LogP contribution is -2.32. The van der Waals surface area contributed by atoms with Gasteiger partial charge in [-0.15, -0.1) is 11.3 Å². The van der Waals surface area contributed by atoms with Crippen LogP contribution in [0.15, 0.2) is 12.1 Å². The molecule has 0 fully saturated rings. The van der Waals surface area contributed by atoms with Gasteiger partial charge < -0.3 is 5.32 Å². The minimum atomic E-state index is 0.278. The lowest BCUT2D eigenvalue weighted by Gasteiger charge is -2.29. The van der Waals surface area contributed by atoms with Crippen molar-refractivity contribution in [3.05, 3.63) is 21.9 Å². The molecule has 0 bridgehead atoms. The van der Waals surface area contributed by atoms with Crippen LogP contribution in [0, 0.1) is 11.3 Å². The summed E-state index contributed by atoms with van der Waals surface area (Å²) in [4.78, 5) is 2.92. The summed E-state index contributed by atoms with van der Waals surface area (Å²) in [5.74, 6) is 0.707. The van der Waals surface area contributed by atoms with Gasteiger partial charge in [0, 0.05) is 22.8 Å². The van der Waals surface area contributed by atoms with Crippen LogP contribution in [0.2, 0.25) is 0 Å². The van der Waals surface area contributed by atoms with E-state index in [1.807, 2.05) is 11.3 Å². The first kappa shape index (κ1) is 15.7. The summed E-state index contributed by atoms with van der Waals surface area (Å²) in [6.07, 6.45) is 0. The van der Waals surface area contributed by atoms with Crippen LogP contribution in [0.1, 0.15) is 58.2 Å². The Balaban J connectivity index is 2.48. The minimum Gasteiger partial charge on any atom is -0.311 e. The second-order valence-corrected chi connectivity index (χ2v) is 8.43. The van der Waals surface area contributed by atoms with E-state index in [1.54, 1.807) is 0 Å². The van der Waals surface area contributed by atoms with Crippen LogP contribution in [0.4, 0.5) is 0 Å². The fourth-order valence-corrected chi connectivity index (χ4v) is 2.62. The fourth-order valence-electron chi connectivity index (χ4n) is 1.59. The van der Waals surface area contributed by atoms with Gasteiger partial charge in [-0.2, -0.15) is 0 Å². The largest absolute Gasteiger partial charge is 0.311 e. The van der Waals surface area contributed by atoms with Crippen LogP contribution >= 0.6 is 11.3 Å². The predicted octanol–water partition coefficient (Wildman–Crippen LogP) is 4.82. The molecule has 0 unspecified atom stereocenters. The van der Waals surface area contributed by atoms with Gasteiger partial charge in [0.1, 0.15) is 0 Å². The Hall–Kier alpha value is -0.340. The van der Waals surface area contributed by atoms with Gasteiger partial charge >= 0.3 is 0 Å². The molecule has 1 heterocycles. The summed E-state index contributed by atoms with van der Waals surface area (Å²) in [6, 6.07) is 4.54. The van der Waals surface area contributed by atoms with Crippen LogP contribution < -0.4 is 5.32 Å². The van der Waals surface area contributed by atoms with E-state index >= 15 is 0 Å². The molecule has 1 aromatic rings. The minimum absolute atomic E-state index is 0.278. The third-order valence-electron chi connectivity index (χ3n) is 3.84. The maximum atomic E-state index is 3.60. The summed E-state index contributed by atoms with van der Waals surface area (Å²) in [7, 11) is 0. The molecule has 0 spiro atoms. The van der Waals surface area contributed by atoms with E-state index in [0.717, 1.165) is 13.1 Å². The van der Waals surface area contributed by atoms with E-state index in [0.29, 0.717) is 11.3 Å². The van der Waals surface area contributed by atoms with Crippen molar-refractivity contribution in [1.82, 2.24) is 5.32 Å². The van der Waals surface area contributed by atoms with Crippen LogP contribution in [0.25, 0.3) is 0 Å². The molecule has 1 aromatic heterocycles. The highest BCUT2D eigenvalue weighted by Gasteiger charge is 2.21. The van der Waals surface area contributed by atoms with Gasteiger partial charge in [-0.3, -0.25) is 0 Å². The number of hydrogen-bond acceptors (Lipinski definition) is 2. The Morgan fingerprint density at radius 2 is 1.72 bits per heavy atom. The summed E-state index contributed by atoms with van der Waals surface area (Å²) in [6.45, 7) is 18.2. The molecule has 104 valence electrons. The van der Waals surface area contributed by atoms with Crippen LogP contribution in [-0.2, 0) is 12.0 Å². The van der Waals surface area contributed by atoms with E-state index < -0.39 is 0 Å². The maximum absolute atomic E-state index is 3.60. The van der Waals surface area contributed by atoms with Crippen molar-refractivity contribution >= 4 is 11.3 Å². The Morgan fingerprint density at radius 3 is 2.17 bits per heavy atom. The van der Waals surface area contributed by atoms with Crippen molar-refractivity contribution in [3.8, 4) is 0 Å². The number of nitrogens with one attached hydrogen (secondary N) is 1. The van der Waals surface area contributed by atoms with Gasteiger partial charge in [-0.05, 0) is 28.9 Å². The molecule has 0 aliphatic rings. The Kier molecular flexibility index (Phi) is 5.02. The summed E-state index contributed by atoms with van der Waals surface area (Å²) in [5.41, 5.74) is 0.643. The quantitative estimate of drug-likeness (QED) is 0.806. The van der Waals surface area contributed by atoms with Crippen LogP contribution in [-0.4, -0.2) is 6.54 Å². The zero-order chi connectivity index (χ0) is 14.0. The second kappa shape index (κ2) is 5.75. The Bertz CT molecular complexity index is 369. The van der Waals surface area contributed by atoms with E-state index in [2.05, 4.69) is 65.9 Å². The average Bonchev–Trinajstić information content (AvgIpc) is 2.65. The molecule has 0 saturated heterocycles. The predicted molar refractivity (Wildman–Crippen MR) is 83.3 cm³/mol. The van der Waals surface area contributed by atoms with Gasteiger partial charge in [-0.1, -0.05) is 48.5 Å². The van der Waals surface area contributed by atoms with Gasteiger partial charge in [-0.25, -0.2) is 0 Å². The molecule has 1 nitrogen and oxygen atoms in total. The highest BCUT2D eigenvalue weighted by molar-refractivity contribution is 7.12. The Labute approximate surface area is 117 Å². The highest BCUT2D eigenvalue weighted by atomic mass is 32.1. The second-order valence-electron chi connectivity index (χ2n) is 7.26. The van der Waals surface area contributed by atoms with Gasteiger partial charge in [0.25, 0.3) is 0 Å². The molecule has 0 aliphatic heterocycles. The van der Waals surface area contributed by atoms with Gasteiger partial charge in [0.05, 0.1) is 0 Å². The van der Waals surface area contributed by atoms with Crippen LogP contribution in [0.3, 0.4) is 0 Å². The molecule has 2 heteroatoms. The standard InChI is InChI=1S/C16H29NS/c1-12(2)16(6,7)11-17-10-13-8-9-14(18-13)15(3,4)5/h8-9,12,17H,10-11H2,1-7H3. The normalized spacial score (nSPS) is 13.3. The molecule has 0 radical (unpaired) electrons. The third-order valence-corrected chi connectivity index (χ3v) is 5.35.